The molecule has 1 aliphatic rings. The zero-order valence-electron chi connectivity index (χ0n) is 11.0. The Morgan fingerprint density at radius 1 is 1.35 bits per heavy atom. The molecule has 2 rings (SSSR count). The Balaban J connectivity index is 1.94. The van der Waals surface area contributed by atoms with Crippen LogP contribution in [0.1, 0.15) is 38.2 Å². The average Bonchev–Trinajstić information content (AvgIpc) is 2.26. The summed E-state index contributed by atoms with van der Waals surface area (Å²) in [5.41, 5.74) is 1.37. The highest BCUT2D eigenvalue weighted by molar-refractivity contribution is 5.28. The molecule has 1 N–H and O–H groups in total. The number of aryl methyl sites for hydroxylation is 1. The Morgan fingerprint density at radius 2 is 2.18 bits per heavy atom. The highest BCUT2D eigenvalue weighted by Crippen LogP contribution is 2.39. The van der Waals surface area contributed by atoms with Gasteiger partial charge in [-0.3, -0.25) is 0 Å². The first-order chi connectivity index (χ1) is 8.24. The van der Waals surface area contributed by atoms with Crippen LogP contribution in [0.2, 0.25) is 0 Å². The molecule has 0 aromatic heterocycles. The molecule has 0 saturated heterocycles. The SMILES string of the molecule is CCNCCC1(Oc2cccc(C)c2)CCC1. The summed E-state index contributed by atoms with van der Waals surface area (Å²) in [5, 5.41) is 3.39. The van der Waals surface area contributed by atoms with E-state index < -0.39 is 0 Å². The van der Waals surface area contributed by atoms with E-state index in [1.165, 1.54) is 24.8 Å². The Labute approximate surface area is 104 Å². The van der Waals surface area contributed by atoms with Crippen LogP contribution in [-0.4, -0.2) is 18.7 Å². The van der Waals surface area contributed by atoms with Gasteiger partial charge in [-0.25, -0.2) is 0 Å². The third kappa shape index (κ3) is 3.22. The van der Waals surface area contributed by atoms with Crippen LogP contribution in [0.5, 0.6) is 5.75 Å². The maximum absolute atomic E-state index is 6.23. The largest absolute Gasteiger partial charge is 0.487 e. The fourth-order valence-corrected chi connectivity index (χ4v) is 2.40. The second kappa shape index (κ2) is 5.54. The summed E-state index contributed by atoms with van der Waals surface area (Å²) in [6, 6.07) is 8.38. The van der Waals surface area contributed by atoms with Gasteiger partial charge in [0.15, 0.2) is 0 Å². The van der Waals surface area contributed by atoms with Crippen LogP contribution in [-0.2, 0) is 0 Å². The first-order valence-electron chi connectivity index (χ1n) is 6.70. The standard InChI is InChI=1S/C15H23NO/c1-3-16-11-10-15(8-5-9-15)17-14-7-4-6-13(2)12-14/h4,6-7,12,16H,3,5,8-11H2,1-2H3. The first kappa shape index (κ1) is 12.4. The van der Waals surface area contributed by atoms with Crippen molar-refractivity contribution >= 4 is 0 Å². The normalized spacial score (nSPS) is 17.5. The minimum atomic E-state index is 0.107. The highest BCUT2D eigenvalue weighted by Gasteiger charge is 2.38. The van der Waals surface area contributed by atoms with Gasteiger partial charge in [-0.1, -0.05) is 19.1 Å². The van der Waals surface area contributed by atoms with Gasteiger partial charge in [0.2, 0.25) is 0 Å². The van der Waals surface area contributed by atoms with Crippen molar-refractivity contribution in [3.63, 3.8) is 0 Å². The van der Waals surface area contributed by atoms with Crippen molar-refractivity contribution in [2.24, 2.45) is 0 Å². The highest BCUT2D eigenvalue weighted by atomic mass is 16.5. The molecule has 0 heterocycles. The molecule has 94 valence electrons. The molecule has 0 amide bonds. The van der Waals surface area contributed by atoms with Gasteiger partial charge in [0.1, 0.15) is 11.4 Å². The lowest BCUT2D eigenvalue weighted by molar-refractivity contribution is -0.0141. The fourth-order valence-electron chi connectivity index (χ4n) is 2.40. The number of hydrogen-bond acceptors (Lipinski definition) is 2. The molecule has 1 saturated carbocycles. The molecule has 2 nitrogen and oxygen atoms in total. The van der Waals surface area contributed by atoms with Crippen molar-refractivity contribution in [3.05, 3.63) is 29.8 Å². The minimum absolute atomic E-state index is 0.107. The molecule has 0 atom stereocenters. The van der Waals surface area contributed by atoms with Crippen LogP contribution in [0.15, 0.2) is 24.3 Å². The lowest BCUT2D eigenvalue weighted by atomic mass is 9.77. The second-order valence-electron chi connectivity index (χ2n) is 5.06. The molecule has 17 heavy (non-hydrogen) atoms. The summed E-state index contributed by atoms with van der Waals surface area (Å²) >= 11 is 0. The lowest BCUT2D eigenvalue weighted by Gasteiger charge is -2.42. The van der Waals surface area contributed by atoms with E-state index in [9.17, 15) is 0 Å². The van der Waals surface area contributed by atoms with Gasteiger partial charge in [-0.15, -0.1) is 0 Å². The molecule has 0 unspecified atom stereocenters. The van der Waals surface area contributed by atoms with Crippen LogP contribution in [0.3, 0.4) is 0 Å². The van der Waals surface area contributed by atoms with Gasteiger partial charge in [-0.2, -0.15) is 0 Å². The van der Waals surface area contributed by atoms with Crippen LogP contribution in [0.25, 0.3) is 0 Å². The van der Waals surface area contributed by atoms with Gasteiger partial charge in [0.05, 0.1) is 0 Å². The maximum atomic E-state index is 6.23. The van der Waals surface area contributed by atoms with Crippen molar-refractivity contribution in [2.75, 3.05) is 13.1 Å². The minimum Gasteiger partial charge on any atom is -0.487 e. The van der Waals surface area contributed by atoms with E-state index >= 15 is 0 Å². The van der Waals surface area contributed by atoms with Gasteiger partial charge in [-0.05, 0) is 63.4 Å². The fraction of sp³-hybridized carbons (Fsp3) is 0.600. The predicted molar refractivity (Wildman–Crippen MR) is 71.5 cm³/mol. The second-order valence-corrected chi connectivity index (χ2v) is 5.06. The van der Waals surface area contributed by atoms with Crippen LogP contribution >= 0.6 is 0 Å². The molecule has 0 spiro atoms. The summed E-state index contributed by atoms with van der Waals surface area (Å²) in [6.45, 7) is 6.36. The van der Waals surface area contributed by atoms with E-state index in [-0.39, 0.29) is 5.60 Å². The van der Waals surface area contributed by atoms with E-state index in [2.05, 4.69) is 43.4 Å². The van der Waals surface area contributed by atoms with E-state index in [1.807, 2.05) is 0 Å². The summed E-state index contributed by atoms with van der Waals surface area (Å²) in [5.74, 6) is 1.03. The third-order valence-corrected chi connectivity index (χ3v) is 3.60. The number of ether oxygens (including phenoxy) is 1. The quantitative estimate of drug-likeness (QED) is 0.761. The Morgan fingerprint density at radius 3 is 2.76 bits per heavy atom. The summed E-state index contributed by atoms with van der Waals surface area (Å²) in [7, 11) is 0. The number of hydrogen-bond donors (Lipinski definition) is 1. The monoisotopic (exact) mass is 233 g/mol. The molecular formula is C15H23NO. The molecule has 2 heteroatoms. The molecule has 0 radical (unpaired) electrons. The van der Waals surface area contributed by atoms with Crippen molar-refractivity contribution in [3.8, 4) is 5.75 Å². The molecule has 1 aliphatic carbocycles. The van der Waals surface area contributed by atoms with E-state index in [4.69, 9.17) is 4.74 Å². The number of benzene rings is 1. The van der Waals surface area contributed by atoms with Crippen molar-refractivity contribution in [1.29, 1.82) is 0 Å². The van der Waals surface area contributed by atoms with Gasteiger partial charge in [0.25, 0.3) is 0 Å². The average molecular weight is 233 g/mol. The van der Waals surface area contributed by atoms with Crippen molar-refractivity contribution in [1.82, 2.24) is 5.32 Å². The van der Waals surface area contributed by atoms with Crippen LogP contribution in [0, 0.1) is 6.92 Å². The number of rotatable bonds is 6. The topological polar surface area (TPSA) is 21.3 Å². The lowest BCUT2D eigenvalue weighted by Crippen LogP contribution is -2.45. The first-order valence-corrected chi connectivity index (χ1v) is 6.70. The zero-order chi connectivity index (χ0) is 12.1. The smallest absolute Gasteiger partial charge is 0.120 e. The summed E-state index contributed by atoms with van der Waals surface area (Å²) in [6.07, 6.45) is 4.82. The number of nitrogens with one attached hydrogen (secondary N) is 1. The van der Waals surface area contributed by atoms with E-state index in [0.29, 0.717) is 0 Å². The van der Waals surface area contributed by atoms with E-state index in [0.717, 1.165) is 25.3 Å². The third-order valence-electron chi connectivity index (χ3n) is 3.60. The molecule has 1 fully saturated rings. The maximum Gasteiger partial charge on any atom is 0.120 e. The molecule has 0 aliphatic heterocycles. The van der Waals surface area contributed by atoms with Gasteiger partial charge >= 0.3 is 0 Å². The van der Waals surface area contributed by atoms with Crippen LogP contribution < -0.4 is 10.1 Å². The van der Waals surface area contributed by atoms with Gasteiger partial charge < -0.3 is 10.1 Å². The van der Waals surface area contributed by atoms with Gasteiger partial charge in [0, 0.05) is 0 Å². The summed E-state index contributed by atoms with van der Waals surface area (Å²) in [4.78, 5) is 0. The van der Waals surface area contributed by atoms with Crippen LogP contribution in [0.4, 0.5) is 0 Å². The Hall–Kier alpha value is -1.02. The van der Waals surface area contributed by atoms with Crippen molar-refractivity contribution in [2.45, 2.75) is 45.1 Å². The molecule has 1 aromatic rings. The zero-order valence-corrected chi connectivity index (χ0v) is 11.0. The van der Waals surface area contributed by atoms with Crippen molar-refractivity contribution < 1.29 is 4.74 Å². The molecular weight excluding hydrogens is 210 g/mol. The predicted octanol–water partition coefficient (Wildman–Crippen LogP) is 3.30. The molecule has 1 aromatic carbocycles. The Kier molecular flexibility index (Phi) is 4.06. The van der Waals surface area contributed by atoms with E-state index in [1.54, 1.807) is 0 Å². The summed E-state index contributed by atoms with van der Waals surface area (Å²) < 4.78 is 6.23. The Bertz CT molecular complexity index is 358. The molecule has 0 bridgehead atoms.